The van der Waals surface area contributed by atoms with Crippen LogP contribution in [0.25, 0.3) is 0 Å². The molecule has 0 fully saturated rings. The maximum absolute atomic E-state index is 12.9. The molecule has 0 aliphatic heterocycles. The van der Waals surface area contributed by atoms with Crippen LogP contribution in [0.5, 0.6) is 0 Å². The molecule has 0 aromatic heterocycles. The minimum Gasteiger partial charge on any atom is -0.360 e. The second-order valence-corrected chi connectivity index (χ2v) is 6.29. The summed E-state index contributed by atoms with van der Waals surface area (Å²) in [5.41, 5.74) is -3.67. The quantitative estimate of drug-likeness (QED) is 0.361. The van der Waals surface area contributed by atoms with Gasteiger partial charge in [-0.2, -0.15) is 31.6 Å². The lowest BCUT2D eigenvalue weighted by atomic mass is 10.1. The smallest absolute Gasteiger partial charge is 0.360 e. The Kier molecular flexibility index (Phi) is 7.00. The summed E-state index contributed by atoms with van der Waals surface area (Å²) in [5, 5.41) is 14.0. The first-order chi connectivity index (χ1) is 13.9. The van der Waals surface area contributed by atoms with Gasteiger partial charge in [0.1, 0.15) is 11.6 Å². The van der Waals surface area contributed by atoms with E-state index in [4.69, 9.17) is 16.9 Å². The summed E-state index contributed by atoms with van der Waals surface area (Å²) in [4.78, 5) is 12.1. The SMILES string of the molecule is N#C/C(=C/Nc1cc(C(F)(F)F)cc(C(F)(F)F)c1)C(=O)NCc1ccccc1Cl. The third-order valence-electron chi connectivity index (χ3n) is 3.73. The van der Waals surface area contributed by atoms with Gasteiger partial charge in [-0.25, -0.2) is 0 Å². The average molecular weight is 448 g/mol. The summed E-state index contributed by atoms with van der Waals surface area (Å²) in [6.45, 7) is -0.0424. The Hall–Kier alpha value is -3.19. The fraction of sp³-hybridized carbons (Fsp3) is 0.158. The van der Waals surface area contributed by atoms with Crippen LogP contribution >= 0.6 is 11.6 Å². The van der Waals surface area contributed by atoms with Gasteiger partial charge in [-0.05, 0) is 29.8 Å². The highest BCUT2D eigenvalue weighted by molar-refractivity contribution is 6.31. The van der Waals surface area contributed by atoms with Crippen molar-refractivity contribution in [1.82, 2.24) is 5.32 Å². The van der Waals surface area contributed by atoms with Crippen LogP contribution in [0.3, 0.4) is 0 Å². The molecule has 0 unspecified atom stereocenters. The van der Waals surface area contributed by atoms with Crippen molar-refractivity contribution in [3.8, 4) is 6.07 Å². The molecule has 0 spiro atoms. The van der Waals surface area contributed by atoms with Crippen LogP contribution in [0.15, 0.2) is 54.2 Å². The molecule has 0 heterocycles. The molecule has 2 aromatic carbocycles. The molecule has 2 rings (SSSR count). The van der Waals surface area contributed by atoms with Gasteiger partial charge in [-0.3, -0.25) is 4.79 Å². The van der Waals surface area contributed by atoms with E-state index in [-0.39, 0.29) is 12.6 Å². The number of hydrogen-bond acceptors (Lipinski definition) is 3. The van der Waals surface area contributed by atoms with Crippen molar-refractivity contribution in [2.24, 2.45) is 0 Å². The van der Waals surface area contributed by atoms with E-state index in [1.165, 1.54) is 6.07 Å². The fourth-order valence-electron chi connectivity index (χ4n) is 2.25. The molecule has 2 N–H and O–H groups in total. The molecular formula is C19H12ClF6N3O. The maximum atomic E-state index is 12.9. The van der Waals surface area contributed by atoms with Crippen LogP contribution < -0.4 is 10.6 Å². The Balaban J connectivity index is 2.22. The zero-order chi connectivity index (χ0) is 22.5. The first-order valence-corrected chi connectivity index (χ1v) is 8.47. The number of hydrogen-bond donors (Lipinski definition) is 2. The zero-order valence-electron chi connectivity index (χ0n) is 14.8. The number of nitrogens with one attached hydrogen (secondary N) is 2. The number of rotatable bonds is 5. The summed E-state index contributed by atoms with van der Waals surface area (Å²) < 4.78 is 77.3. The Morgan fingerprint density at radius 3 is 2.10 bits per heavy atom. The number of benzene rings is 2. The number of carbonyl (C=O) groups is 1. The summed E-state index contributed by atoms with van der Waals surface area (Å²) >= 11 is 5.94. The summed E-state index contributed by atoms with van der Waals surface area (Å²) in [7, 11) is 0. The van der Waals surface area contributed by atoms with Crippen molar-refractivity contribution in [2.45, 2.75) is 18.9 Å². The number of nitrogens with zero attached hydrogens (tertiary/aromatic N) is 1. The lowest BCUT2D eigenvalue weighted by Crippen LogP contribution is -2.24. The lowest BCUT2D eigenvalue weighted by Gasteiger charge is -2.14. The molecule has 2 aromatic rings. The Bertz CT molecular complexity index is 976. The Morgan fingerprint density at radius 2 is 1.60 bits per heavy atom. The standard InChI is InChI=1S/C19H12ClF6N3O/c20-16-4-2-1-3-11(16)9-29-17(30)12(8-27)10-28-15-6-13(18(21,22)23)5-14(7-15)19(24,25)26/h1-7,10,28H,9H2,(H,29,30)/b12-10-. The molecule has 0 aliphatic carbocycles. The molecule has 0 atom stereocenters. The van der Waals surface area contributed by atoms with Crippen LogP contribution in [-0.4, -0.2) is 5.91 Å². The number of amides is 1. The molecule has 30 heavy (non-hydrogen) atoms. The largest absolute Gasteiger partial charge is 0.416 e. The number of alkyl halides is 6. The van der Waals surface area contributed by atoms with Crippen molar-refractivity contribution in [3.05, 3.63) is 76.0 Å². The van der Waals surface area contributed by atoms with Crippen molar-refractivity contribution in [2.75, 3.05) is 5.32 Å². The van der Waals surface area contributed by atoms with Gasteiger partial charge in [0.05, 0.1) is 11.1 Å². The van der Waals surface area contributed by atoms with E-state index < -0.39 is 40.6 Å². The molecule has 1 amide bonds. The number of halogens is 7. The molecule has 4 nitrogen and oxygen atoms in total. The predicted molar refractivity (Wildman–Crippen MR) is 97.1 cm³/mol. The van der Waals surface area contributed by atoms with Gasteiger partial charge in [0, 0.05) is 23.5 Å². The lowest BCUT2D eigenvalue weighted by molar-refractivity contribution is -0.143. The maximum Gasteiger partial charge on any atom is 0.416 e. The first-order valence-electron chi connectivity index (χ1n) is 8.09. The van der Waals surface area contributed by atoms with E-state index in [0.717, 1.165) is 6.20 Å². The Labute approximate surface area is 171 Å². The van der Waals surface area contributed by atoms with Crippen molar-refractivity contribution in [3.63, 3.8) is 0 Å². The molecule has 0 bridgehead atoms. The Morgan fingerprint density at radius 1 is 1.03 bits per heavy atom. The predicted octanol–water partition coefficient (Wildman–Crippen LogP) is 5.51. The molecular weight excluding hydrogens is 436 g/mol. The highest BCUT2D eigenvalue weighted by atomic mass is 35.5. The second kappa shape index (κ2) is 9.09. The van der Waals surface area contributed by atoms with Crippen molar-refractivity contribution in [1.29, 1.82) is 5.26 Å². The molecule has 11 heteroatoms. The summed E-state index contributed by atoms with van der Waals surface area (Å²) in [6, 6.07) is 8.90. The van der Waals surface area contributed by atoms with Gasteiger partial charge in [0.2, 0.25) is 0 Å². The molecule has 158 valence electrons. The molecule has 0 saturated heterocycles. The van der Waals surface area contributed by atoms with E-state index in [9.17, 15) is 31.1 Å². The van der Waals surface area contributed by atoms with Crippen LogP contribution in [0.2, 0.25) is 5.02 Å². The highest BCUT2D eigenvalue weighted by Crippen LogP contribution is 2.37. The van der Waals surface area contributed by atoms with E-state index >= 15 is 0 Å². The molecule has 0 saturated carbocycles. The number of anilines is 1. The number of nitriles is 1. The van der Waals surface area contributed by atoms with Gasteiger partial charge in [-0.1, -0.05) is 29.8 Å². The summed E-state index contributed by atoms with van der Waals surface area (Å²) in [6.07, 6.45) is -9.32. The van der Waals surface area contributed by atoms with Crippen LogP contribution in [-0.2, 0) is 23.7 Å². The highest BCUT2D eigenvalue weighted by Gasteiger charge is 2.36. The fourth-order valence-corrected chi connectivity index (χ4v) is 2.46. The van der Waals surface area contributed by atoms with Gasteiger partial charge in [0.25, 0.3) is 5.91 Å². The van der Waals surface area contributed by atoms with Gasteiger partial charge in [-0.15, -0.1) is 0 Å². The second-order valence-electron chi connectivity index (χ2n) is 5.88. The van der Waals surface area contributed by atoms with Gasteiger partial charge in [0.15, 0.2) is 0 Å². The molecule has 0 radical (unpaired) electrons. The minimum atomic E-state index is -5.02. The van der Waals surface area contributed by atoms with Crippen molar-refractivity contribution >= 4 is 23.2 Å². The van der Waals surface area contributed by atoms with E-state index in [1.54, 1.807) is 24.3 Å². The average Bonchev–Trinajstić information content (AvgIpc) is 2.66. The zero-order valence-corrected chi connectivity index (χ0v) is 15.6. The monoisotopic (exact) mass is 447 g/mol. The van der Waals surface area contributed by atoms with E-state index in [1.807, 2.05) is 0 Å². The minimum absolute atomic E-state index is 0.0313. The first kappa shape index (κ1) is 23.1. The third-order valence-corrected chi connectivity index (χ3v) is 4.10. The normalized spacial score (nSPS) is 12.3. The van der Waals surface area contributed by atoms with E-state index in [0.29, 0.717) is 22.7 Å². The van der Waals surface area contributed by atoms with E-state index in [2.05, 4.69) is 10.6 Å². The summed E-state index contributed by atoms with van der Waals surface area (Å²) in [5.74, 6) is -0.895. The van der Waals surface area contributed by atoms with Gasteiger partial charge < -0.3 is 10.6 Å². The topological polar surface area (TPSA) is 64.9 Å². The molecule has 0 aliphatic rings. The third kappa shape index (κ3) is 6.15. The van der Waals surface area contributed by atoms with Crippen LogP contribution in [0.4, 0.5) is 32.0 Å². The number of carbonyl (C=O) groups excluding carboxylic acids is 1. The van der Waals surface area contributed by atoms with Gasteiger partial charge >= 0.3 is 12.4 Å². The van der Waals surface area contributed by atoms with Crippen molar-refractivity contribution < 1.29 is 31.1 Å². The van der Waals surface area contributed by atoms with Crippen LogP contribution in [0, 0.1) is 11.3 Å². The van der Waals surface area contributed by atoms with Crippen LogP contribution in [0.1, 0.15) is 16.7 Å².